The van der Waals surface area contributed by atoms with Crippen molar-refractivity contribution in [2.45, 2.75) is 45.1 Å². The molecule has 0 amide bonds. The third-order valence-electron chi connectivity index (χ3n) is 2.11. The number of oxime groups is 1. The normalized spacial score (nSPS) is 22.2. The molecule has 2 nitrogen and oxygen atoms in total. The second kappa shape index (κ2) is 5.57. The third-order valence-corrected chi connectivity index (χ3v) is 2.67. The predicted molar refractivity (Wildman–Crippen MR) is 54.9 cm³/mol. The Labute approximate surface area is 82.5 Å². The lowest BCUT2D eigenvalue weighted by molar-refractivity contribution is 0.0775. The molecule has 1 unspecified atom stereocenters. The van der Waals surface area contributed by atoms with Crippen molar-refractivity contribution >= 4 is 21.6 Å². The Balaban J connectivity index is 2.06. The fourth-order valence-electron chi connectivity index (χ4n) is 1.32. The van der Waals surface area contributed by atoms with Crippen LogP contribution in [0.2, 0.25) is 0 Å². The van der Waals surface area contributed by atoms with Gasteiger partial charge in [0.15, 0.2) is 0 Å². The van der Waals surface area contributed by atoms with Crippen LogP contribution in [0, 0.1) is 0 Å². The van der Waals surface area contributed by atoms with Crippen LogP contribution >= 0.6 is 15.9 Å². The summed E-state index contributed by atoms with van der Waals surface area (Å²) >= 11 is 3.42. The number of unbranched alkanes of at least 4 members (excludes halogenated alkanes) is 1. The molecule has 0 saturated carbocycles. The maximum atomic E-state index is 5.28. The molecule has 3 heteroatoms. The fraction of sp³-hybridized carbons (Fsp3) is 0.889. The first-order valence-corrected chi connectivity index (χ1v) is 5.76. The minimum atomic E-state index is 0.374. The Hall–Kier alpha value is -0.0500. The molecule has 0 bridgehead atoms. The van der Waals surface area contributed by atoms with Crippen LogP contribution in [0.15, 0.2) is 5.16 Å². The highest BCUT2D eigenvalue weighted by atomic mass is 79.9. The first kappa shape index (κ1) is 10.0. The van der Waals surface area contributed by atoms with Crippen LogP contribution in [0.3, 0.4) is 0 Å². The standard InChI is InChI=1S/C9H16BrNO/c1-2-8-7-9(12-11-8)5-3-4-6-10/h9H,2-7H2,1H3. The van der Waals surface area contributed by atoms with Crippen LogP contribution < -0.4 is 0 Å². The summed E-state index contributed by atoms with van der Waals surface area (Å²) in [5.74, 6) is 0. The third kappa shape index (κ3) is 3.13. The molecule has 0 fully saturated rings. The van der Waals surface area contributed by atoms with Crippen molar-refractivity contribution in [3.8, 4) is 0 Å². The van der Waals surface area contributed by atoms with Crippen LogP contribution in [0.1, 0.15) is 39.0 Å². The van der Waals surface area contributed by atoms with Crippen molar-refractivity contribution < 1.29 is 4.84 Å². The molecule has 0 aliphatic carbocycles. The summed E-state index contributed by atoms with van der Waals surface area (Å²) in [5.41, 5.74) is 1.22. The summed E-state index contributed by atoms with van der Waals surface area (Å²) in [4.78, 5) is 5.28. The van der Waals surface area contributed by atoms with Gasteiger partial charge in [-0.1, -0.05) is 28.0 Å². The van der Waals surface area contributed by atoms with Gasteiger partial charge in [0.2, 0.25) is 0 Å². The highest BCUT2D eigenvalue weighted by molar-refractivity contribution is 9.09. The lowest BCUT2D eigenvalue weighted by atomic mass is 10.1. The zero-order valence-corrected chi connectivity index (χ0v) is 9.14. The molecule has 1 aliphatic heterocycles. The Morgan fingerprint density at radius 3 is 3.00 bits per heavy atom. The van der Waals surface area contributed by atoms with Crippen LogP contribution in [-0.2, 0) is 4.84 Å². The fourth-order valence-corrected chi connectivity index (χ4v) is 1.71. The predicted octanol–water partition coefficient (Wildman–Crippen LogP) is 3.11. The molecule has 1 aliphatic rings. The van der Waals surface area contributed by atoms with E-state index in [9.17, 15) is 0 Å². The molecule has 0 aromatic carbocycles. The summed E-state index contributed by atoms with van der Waals surface area (Å²) in [6.07, 6.45) is 6.09. The maximum absolute atomic E-state index is 5.28. The molecular weight excluding hydrogens is 218 g/mol. The smallest absolute Gasteiger partial charge is 0.132 e. The first-order valence-electron chi connectivity index (χ1n) is 4.64. The van der Waals surface area contributed by atoms with Crippen molar-refractivity contribution in [1.82, 2.24) is 0 Å². The van der Waals surface area contributed by atoms with E-state index in [-0.39, 0.29) is 0 Å². The van der Waals surface area contributed by atoms with E-state index >= 15 is 0 Å². The molecular formula is C9H16BrNO. The van der Waals surface area contributed by atoms with Crippen molar-refractivity contribution in [2.75, 3.05) is 5.33 Å². The summed E-state index contributed by atoms with van der Waals surface area (Å²) in [5, 5.41) is 5.12. The average molecular weight is 234 g/mol. The molecule has 0 aromatic heterocycles. The number of halogens is 1. The second-order valence-electron chi connectivity index (χ2n) is 3.13. The van der Waals surface area contributed by atoms with Gasteiger partial charge in [-0.3, -0.25) is 0 Å². The summed E-state index contributed by atoms with van der Waals surface area (Å²) in [6.45, 7) is 2.13. The van der Waals surface area contributed by atoms with Crippen molar-refractivity contribution in [1.29, 1.82) is 0 Å². The van der Waals surface area contributed by atoms with Crippen LogP contribution in [0.25, 0.3) is 0 Å². The molecule has 12 heavy (non-hydrogen) atoms. The van der Waals surface area contributed by atoms with Crippen molar-refractivity contribution in [2.24, 2.45) is 5.16 Å². The van der Waals surface area contributed by atoms with E-state index in [4.69, 9.17) is 4.84 Å². The Bertz CT molecular complexity index is 159. The van der Waals surface area contributed by atoms with E-state index in [1.807, 2.05) is 0 Å². The summed E-state index contributed by atoms with van der Waals surface area (Å²) < 4.78 is 0. The minimum Gasteiger partial charge on any atom is -0.392 e. The van der Waals surface area contributed by atoms with Crippen molar-refractivity contribution in [3.63, 3.8) is 0 Å². The van der Waals surface area contributed by atoms with E-state index in [0.717, 1.165) is 24.6 Å². The maximum Gasteiger partial charge on any atom is 0.132 e. The molecule has 1 rings (SSSR count). The molecule has 0 aromatic rings. The van der Waals surface area contributed by atoms with Gasteiger partial charge in [0.25, 0.3) is 0 Å². The quantitative estimate of drug-likeness (QED) is 0.529. The van der Waals surface area contributed by atoms with Crippen LogP contribution in [0.4, 0.5) is 0 Å². The highest BCUT2D eigenvalue weighted by Gasteiger charge is 2.18. The van der Waals surface area contributed by atoms with Gasteiger partial charge in [-0.05, 0) is 25.7 Å². The lowest BCUT2D eigenvalue weighted by Gasteiger charge is -2.05. The van der Waals surface area contributed by atoms with Gasteiger partial charge in [0.1, 0.15) is 6.10 Å². The van der Waals surface area contributed by atoms with Crippen LogP contribution in [0.5, 0.6) is 0 Å². The van der Waals surface area contributed by atoms with E-state index < -0.39 is 0 Å². The molecule has 0 saturated heterocycles. The van der Waals surface area contributed by atoms with Gasteiger partial charge in [-0.25, -0.2) is 0 Å². The average Bonchev–Trinajstić information content (AvgIpc) is 2.53. The van der Waals surface area contributed by atoms with E-state index in [0.29, 0.717) is 6.10 Å². The highest BCUT2D eigenvalue weighted by Crippen LogP contribution is 2.17. The van der Waals surface area contributed by atoms with Gasteiger partial charge in [-0.15, -0.1) is 0 Å². The van der Waals surface area contributed by atoms with Crippen LogP contribution in [-0.4, -0.2) is 17.1 Å². The Morgan fingerprint density at radius 2 is 2.42 bits per heavy atom. The zero-order valence-electron chi connectivity index (χ0n) is 7.55. The molecule has 1 heterocycles. The number of rotatable bonds is 5. The van der Waals surface area contributed by atoms with E-state index in [1.165, 1.54) is 18.6 Å². The molecule has 0 spiro atoms. The Kier molecular flexibility index (Phi) is 4.66. The largest absolute Gasteiger partial charge is 0.392 e. The van der Waals surface area contributed by atoms with Gasteiger partial charge in [-0.2, -0.15) is 0 Å². The van der Waals surface area contributed by atoms with Gasteiger partial charge >= 0.3 is 0 Å². The zero-order chi connectivity index (χ0) is 8.81. The second-order valence-corrected chi connectivity index (χ2v) is 3.92. The SMILES string of the molecule is CCC1=NOC(CCCCBr)C1. The van der Waals surface area contributed by atoms with E-state index in [2.05, 4.69) is 28.0 Å². The van der Waals surface area contributed by atoms with E-state index in [1.54, 1.807) is 0 Å². The molecule has 1 atom stereocenters. The number of hydrogen-bond donors (Lipinski definition) is 0. The van der Waals surface area contributed by atoms with Gasteiger partial charge in [0.05, 0.1) is 5.71 Å². The first-order chi connectivity index (χ1) is 5.86. The van der Waals surface area contributed by atoms with Crippen molar-refractivity contribution in [3.05, 3.63) is 0 Å². The molecule has 0 radical (unpaired) electrons. The van der Waals surface area contributed by atoms with Gasteiger partial charge < -0.3 is 4.84 Å². The Morgan fingerprint density at radius 1 is 1.58 bits per heavy atom. The molecule has 70 valence electrons. The summed E-state index contributed by atoms with van der Waals surface area (Å²) in [6, 6.07) is 0. The topological polar surface area (TPSA) is 21.6 Å². The monoisotopic (exact) mass is 233 g/mol. The lowest BCUT2D eigenvalue weighted by Crippen LogP contribution is -2.07. The van der Waals surface area contributed by atoms with Gasteiger partial charge in [0, 0.05) is 11.8 Å². The summed E-state index contributed by atoms with van der Waals surface area (Å²) in [7, 11) is 0. The number of alkyl halides is 1. The molecule has 0 N–H and O–H groups in total. The number of hydrogen-bond acceptors (Lipinski definition) is 2. The number of nitrogens with zero attached hydrogens (tertiary/aromatic N) is 1. The minimum absolute atomic E-state index is 0.374.